The molecule has 1 aromatic heterocycles. The zero-order valence-electron chi connectivity index (χ0n) is 10.7. The van der Waals surface area contributed by atoms with Crippen LogP contribution in [-0.4, -0.2) is 37.2 Å². The van der Waals surface area contributed by atoms with E-state index < -0.39 is 5.60 Å². The summed E-state index contributed by atoms with van der Waals surface area (Å²) in [5.41, 5.74) is 0.594. The Hall–Kier alpha value is -1.56. The third kappa shape index (κ3) is 2.00. The Morgan fingerprint density at radius 2 is 2.21 bits per heavy atom. The second-order valence-corrected chi connectivity index (χ2v) is 5.86. The van der Waals surface area contributed by atoms with Crippen molar-refractivity contribution in [2.45, 2.75) is 24.9 Å². The zero-order valence-corrected chi connectivity index (χ0v) is 11.5. The average molecular weight is 281 g/mol. The lowest BCUT2D eigenvalue weighted by Gasteiger charge is -2.42. The van der Waals surface area contributed by atoms with Gasteiger partial charge in [-0.3, -0.25) is 4.79 Å². The molecule has 0 saturated carbocycles. The summed E-state index contributed by atoms with van der Waals surface area (Å²) in [7, 11) is 1.38. The Morgan fingerprint density at radius 3 is 2.89 bits per heavy atom. The monoisotopic (exact) mass is 281 g/mol. The Labute approximate surface area is 115 Å². The maximum absolute atomic E-state index is 11.7. The van der Waals surface area contributed by atoms with E-state index >= 15 is 0 Å². The van der Waals surface area contributed by atoms with Gasteiger partial charge in [-0.15, -0.1) is 11.3 Å². The van der Waals surface area contributed by atoms with Crippen LogP contribution in [0.3, 0.4) is 0 Å². The second-order valence-electron chi connectivity index (χ2n) is 4.86. The van der Waals surface area contributed by atoms with Gasteiger partial charge in [-0.05, 0) is 11.4 Å². The van der Waals surface area contributed by atoms with Crippen molar-refractivity contribution in [1.82, 2.24) is 4.90 Å². The van der Waals surface area contributed by atoms with E-state index in [-0.39, 0.29) is 12.1 Å². The van der Waals surface area contributed by atoms with E-state index in [2.05, 4.69) is 0 Å². The molecular formula is C13H15NO4S. The molecule has 1 fully saturated rings. The van der Waals surface area contributed by atoms with Crippen LogP contribution in [0.1, 0.15) is 23.3 Å². The molecule has 2 aliphatic heterocycles. The van der Waals surface area contributed by atoms with Crippen molar-refractivity contribution in [3.63, 3.8) is 0 Å². The first-order valence-electron chi connectivity index (χ1n) is 6.26. The van der Waals surface area contributed by atoms with Gasteiger partial charge in [-0.2, -0.15) is 0 Å². The molecule has 0 aliphatic carbocycles. The molecule has 2 aliphatic rings. The van der Waals surface area contributed by atoms with Crippen LogP contribution in [0.25, 0.3) is 0 Å². The van der Waals surface area contributed by atoms with E-state index in [0.29, 0.717) is 32.4 Å². The maximum Gasteiger partial charge on any atom is 0.409 e. The first-order valence-corrected chi connectivity index (χ1v) is 7.14. The number of rotatable bonds is 0. The molecule has 1 saturated heterocycles. The summed E-state index contributed by atoms with van der Waals surface area (Å²) in [5.74, 6) is -0.165. The van der Waals surface area contributed by atoms with Gasteiger partial charge in [0.05, 0.1) is 13.5 Å². The molecule has 0 N–H and O–H groups in total. The number of carbonyl (C=O) groups excluding carboxylic acids is 2. The molecule has 5 nitrogen and oxygen atoms in total. The van der Waals surface area contributed by atoms with Gasteiger partial charge in [0, 0.05) is 36.4 Å². The highest BCUT2D eigenvalue weighted by molar-refractivity contribution is 7.10. The minimum atomic E-state index is -0.533. The van der Waals surface area contributed by atoms with Crippen molar-refractivity contribution in [3.8, 4) is 0 Å². The lowest BCUT2D eigenvalue weighted by molar-refractivity contribution is -0.168. The summed E-state index contributed by atoms with van der Waals surface area (Å²) in [6, 6.07) is 2.04. The Bertz CT molecular complexity index is 516. The number of carbonyl (C=O) groups is 2. The van der Waals surface area contributed by atoms with Crippen molar-refractivity contribution in [2.24, 2.45) is 0 Å². The smallest absolute Gasteiger partial charge is 0.409 e. The zero-order chi connectivity index (χ0) is 13.5. The number of amides is 1. The van der Waals surface area contributed by atoms with Gasteiger partial charge in [0.25, 0.3) is 0 Å². The molecule has 6 heteroatoms. The number of likely N-dealkylation sites (tertiary alicyclic amines) is 1. The van der Waals surface area contributed by atoms with E-state index in [9.17, 15) is 9.59 Å². The van der Waals surface area contributed by atoms with Crippen molar-refractivity contribution >= 4 is 23.4 Å². The number of methoxy groups -OCH3 is 1. The van der Waals surface area contributed by atoms with Gasteiger partial charge >= 0.3 is 12.1 Å². The van der Waals surface area contributed by atoms with Crippen molar-refractivity contribution < 1.29 is 19.1 Å². The summed E-state index contributed by atoms with van der Waals surface area (Å²) in [6.07, 6.45) is 1.33. The number of ether oxygens (including phenoxy) is 2. The number of hydrogen-bond donors (Lipinski definition) is 0. The van der Waals surface area contributed by atoms with Gasteiger partial charge in [0.2, 0.25) is 0 Å². The van der Waals surface area contributed by atoms with E-state index in [1.807, 2.05) is 11.4 Å². The normalized spacial score (nSPS) is 20.9. The minimum absolute atomic E-state index is 0.165. The predicted octanol–water partition coefficient (Wildman–Crippen LogP) is 1.90. The van der Waals surface area contributed by atoms with Crippen LogP contribution in [0.15, 0.2) is 11.4 Å². The van der Waals surface area contributed by atoms with Crippen LogP contribution in [0.2, 0.25) is 0 Å². The fourth-order valence-corrected chi connectivity index (χ4v) is 3.83. The van der Waals surface area contributed by atoms with Gasteiger partial charge in [-0.1, -0.05) is 0 Å². The SMILES string of the molecule is COC(=O)N1CCC2(CC1)OC(=O)Cc1sccc12. The van der Waals surface area contributed by atoms with Gasteiger partial charge < -0.3 is 14.4 Å². The fraction of sp³-hybridized carbons (Fsp3) is 0.538. The van der Waals surface area contributed by atoms with Gasteiger partial charge in [0.1, 0.15) is 5.60 Å². The Morgan fingerprint density at radius 1 is 1.47 bits per heavy atom. The summed E-state index contributed by atoms with van der Waals surface area (Å²) < 4.78 is 10.4. The molecule has 1 spiro atoms. The molecule has 1 aromatic rings. The summed E-state index contributed by atoms with van der Waals surface area (Å²) in [6.45, 7) is 1.10. The highest BCUT2D eigenvalue weighted by Gasteiger charge is 2.45. The van der Waals surface area contributed by atoms with Crippen LogP contribution < -0.4 is 0 Å². The predicted molar refractivity (Wildman–Crippen MR) is 69.0 cm³/mol. The third-order valence-corrected chi connectivity index (χ3v) is 4.78. The molecule has 0 atom stereocenters. The molecule has 0 radical (unpaired) electrons. The quantitative estimate of drug-likeness (QED) is 0.682. The molecule has 3 rings (SSSR count). The fourth-order valence-electron chi connectivity index (χ4n) is 2.87. The van der Waals surface area contributed by atoms with Crippen LogP contribution >= 0.6 is 11.3 Å². The van der Waals surface area contributed by atoms with E-state index in [0.717, 1.165) is 10.4 Å². The van der Waals surface area contributed by atoms with Crippen molar-refractivity contribution in [3.05, 3.63) is 21.9 Å². The number of hydrogen-bond acceptors (Lipinski definition) is 5. The molecule has 0 aromatic carbocycles. The summed E-state index contributed by atoms with van der Waals surface area (Å²) in [5, 5.41) is 2.00. The summed E-state index contributed by atoms with van der Waals surface area (Å²) >= 11 is 1.60. The molecule has 3 heterocycles. The average Bonchev–Trinajstić information content (AvgIpc) is 2.87. The van der Waals surface area contributed by atoms with Crippen LogP contribution in [0.4, 0.5) is 4.79 Å². The van der Waals surface area contributed by atoms with E-state index in [4.69, 9.17) is 9.47 Å². The van der Waals surface area contributed by atoms with Gasteiger partial charge in [0.15, 0.2) is 0 Å². The first kappa shape index (κ1) is 12.5. The first-order chi connectivity index (χ1) is 9.14. The molecule has 0 unspecified atom stereocenters. The second kappa shape index (κ2) is 4.52. The van der Waals surface area contributed by atoms with E-state index in [1.54, 1.807) is 16.2 Å². The molecule has 102 valence electrons. The van der Waals surface area contributed by atoms with Crippen LogP contribution in [0, 0.1) is 0 Å². The standard InChI is InChI=1S/C13H15NO4S/c1-17-12(16)14-5-3-13(4-6-14)9-2-7-19-10(9)8-11(15)18-13/h2,7H,3-6,8H2,1H3. The minimum Gasteiger partial charge on any atom is -0.454 e. The highest BCUT2D eigenvalue weighted by Crippen LogP contribution is 2.43. The van der Waals surface area contributed by atoms with Crippen molar-refractivity contribution in [1.29, 1.82) is 0 Å². The van der Waals surface area contributed by atoms with Crippen molar-refractivity contribution in [2.75, 3.05) is 20.2 Å². The maximum atomic E-state index is 11.7. The Balaban J connectivity index is 1.84. The topological polar surface area (TPSA) is 55.8 Å². The van der Waals surface area contributed by atoms with E-state index in [1.165, 1.54) is 7.11 Å². The lowest BCUT2D eigenvalue weighted by Crippen LogP contribution is -2.49. The molecule has 1 amide bonds. The summed E-state index contributed by atoms with van der Waals surface area (Å²) in [4.78, 5) is 26.0. The molecular weight excluding hydrogens is 266 g/mol. The molecule has 0 bridgehead atoms. The van der Waals surface area contributed by atoms with Gasteiger partial charge in [-0.25, -0.2) is 4.79 Å². The molecule has 19 heavy (non-hydrogen) atoms. The third-order valence-electron chi connectivity index (χ3n) is 3.85. The lowest BCUT2D eigenvalue weighted by atomic mass is 9.82. The number of thiophene rings is 1. The van der Waals surface area contributed by atoms with Crippen LogP contribution in [0.5, 0.6) is 0 Å². The largest absolute Gasteiger partial charge is 0.454 e. The Kier molecular flexibility index (Phi) is 2.97. The highest BCUT2D eigenvalue weighted by atomic mass is 32.1. The number of piperidine rings is 1. The number of fused-ring (bicyclic) bond motifs is 2. The van der Waals surface area contributed by atoms with Crippen LogP contribution in [-0.2, 0) is 26.3 Å². The number of nitrogens with zero attached hydrogens (tertiary/aromatic N) is 1. The number of esters is 1.